The Morgan fingerprint density at radius 3 is 2.25 bits per heavy atom. The van der Waals surface area contributed by atoms with Crippen LogP contribution in [0.5, 0.6) is 0 Å². The Morgan fingerprint density at radius 2 is 1.83 bits per heavy atom. The summed E-state index contributed by atoms with van der Waals surface area (Å²) in [5.74, 6) is 0. The van der Waals surface area contributed by atoms with Crippen LogP contribution < -0.4 is 0 Å². The standard InChI is InChI=1S/C3H8O7S2/c4-11(5)9-2-1-3-10-12(6,7)8/h11H,1-3H2,(H,6,7,8). The highest BCUT2D eigenvalue weighted by molar-refractivity contribution is 7.80. The number of thiol groups is 1. The maximum absolute atomic E-state index is 9.90. The van der Waals surface area contributed by atoms with Crippen molar-refractivity contribution >= 4 is 21.4 Å². The van der Waals surface area contributed by atoms with Gasteiger partial charge in [0.1, 0.15) is 0 Å². The molecule has 0 rings (SSSR count). The zero-order chi connectivity index (χ0) is 9.61. The van der Waals surface area contributed by atoms with Crippen molar-refractivity contribution in [2.75, 3.05) is 13.2 Å². The highest BCUT2D eigenvalue weighted by atomic mass is 32.3. The minimum absolute atomic E-state index is 0.0586. The minimum Gasteiger partial charge on any atom is -0.272 e. The van der Waals surface area contributed by atoms with E-state index in [2.05, 4.69) is 8.37 Å². The van der Waals surface area contributed by atoms with E-state index in [1.165, 1.54) is 0 Å². The molecule has 0 radical (unpaired) electrons. The summed E-state index contributed by atoms with van der Waals surface area (Å²) in [6, 6.07) is 0. The van der Waals surface area contributed by atoms with Gasteiger partial charge in [0.15, 0.2) is 0 Å². The number of hydrogen-bond acceptors (Lipinski definition) is 6. The fourth-order valence-electron chi connectivity index (χ4n) is 0.362. The molecule has 0 amide bonds. The lowest BCUT2D eigenvalue weighted by atomic mass is 10.5. The van der Waals surface area contributed by atoms with Crippen molar-refractivity contribution in [3.05, 3.63) is 0 Å². The van der Waals surface area contributed by atoms with Gasteiger partial charge in [0, 0.05) is 0 Å². The Hall–Kier alpha value is -0.220. The zero-order valence-electron chi connectivity index (χ0n) is 5.87. The van der Waals surface area contributed by atoms with E-state index in [1.807, 2.05) is 0 Å². The van der Waals surface area contributed by atoms with Crippen molar-refractivity contribution in [3.63, 3.8) is 0 Å². The lowest BCUT2D eigenvalue weighted by molar-refractivity contribution is 0.235. The van der Waals surface area contributed by atoms with Crippen molar-refractivity contribution in [2.45, 2.75) is 6.42 Å². The summed E-state index contributed by atoms with van der Waals surface area (Å²) < 4.78 is 55.3. The molecule has 0 aliphatic heterocycles. The van der Waals surface area contributed by atoms with Crippen LogP contribution in [0.4, 0.5) is 0 Å². The average Bonchev–Trinajstić information content (AvgIpc) is 1.83. The van der Waals surface area contributed by atoms with Gasteiger partial charge in [-0.15, -0.1) is 0 Å². The Labute approximate surface area is 71.4 Å². The second kappa shape index (κ2) is 5.43. The van der Waals surface area contributed by atoms with E-state index in [1.54, 1.807) is 0 Å². The van der Waals surface area contributed by atoms with Crippen LogP contribution in [0.3, 0.4) is 0 Å². The third-order valence-corrected chi connectivity index (χ3v) is 1.58. The third-order valence-electron chi connectivity index (χ3n) is 0.718. The monoisotopic (exact) mass is 220 g/mol. The second-order valence-electron chi connectivity index (χ2n) is 1.66. The van der Waals surface area contributed by atoms with E-state index >= 15 is 0 Å². The van der Waals surface area contributed by atoms with Crippen LogP contribution in [0, 0.1) is 0 Å². The quantitative estimate of drug-likeness (QED) is 0.327. The summed E-state index contributed by atoms with van der Waals surface area (Å²) in [6.45, 7) is -0.490. The summed E-state index contributed by atoms with van der Waals surface area (Å²) >= 11 is 0. The fourth-order valence-corrected chi connectivity index (χ4v) is 0.969. The molecule has 0 atom stereocenters. The van der Waals surface area contributed by atoms with Gasteiger partial charge in [-0.2, -0.15) is 8.42 Å². The molecule has 0 unspecified atom stereocenters. The fraction of sp³-hybridized carbons (Fsp3) is 1.00. The van der Waals surface area contributed by atoms with Crippen LogP contribution in [0.15, 0.2) is 0 Å². The summed E-state index contributed by atoms with van der Waals surface area (Å²) in [6.07, 6.45) is 0.0586. The Kier molecular flexibility index (Phi) is 5.33. The van der Waals surface area contributed by atoms with E-state index in [-0.39, 0.29) is 19.6 Å². The molecule has 7 nitrogen and oxygen atoms in total. The zero-order valence-corrected chi connectivity index (χ0v) is 7.58. The first-order chi connectivity index (χ1) is 5.42. The summed E-state index contributed by atoms with van der Waals surface area (Å²) in [5, 5.41) is 0. The molecule has 1 N–H and O–H groups in total. The molecule has 0 saturated heterocycles. The molecule has 0 aliphatic rings. The van der Waals surface area contributed by atoms with Crippen molar-refractivity contribution in [2.24, 2.45) is 0 Å². The molecule has 0 bridgehead atoms. The number of hydrogen-bond donors (Lipinski definition) is 2. The van der Waals surface area contributed by atoms with E-state index < -0.39 is 21.4 Å². The summed E-state index contributed by atoms with van der Waals surface area (Å²) in [5.41, 5.74) is 0. The molecule has 0 aromatic heterocycles. The molecule has 0 saturated carbocycles. The molecule has 0 aromatic rings. The molecule has 0 spiro atoms. The molecule has 9 heteroatoms. The van der Waals surface area contributed by atoms with Crippen molar-refractivity contribution < 1.29 is 29.8 Å². The first kappa shape index (κ1) is 11.8. The smallest absolute Gasteiger partial charge is 0.272 e. The van der Waals surface area contributed by atoms with Crippen molar-refractivity contribution in [3.8, 4) is 0 Å². The first-order valence-electron chi connectivity index (χ1n) is 2.81. The third kappa shape index (κ3) is 9.78. The maximum Gasteiger partial charge on any atom is 0.397 e. The van der Waals surface area contributed by atoms with Gasteiger partial charge in [0.25, 0.3) is 11.0 Å². The average molecular weight is 220 g/mol. The van der Waals surface area contributed by atoms with Gasteiger partial charge >= 0.3 is 10.4 Å². The van der Waals surface area contributed by atoms with Gasteiger partial charge in [-0.3, -0.25) is 8.74 Å². The Balaban J connectivity index is 3.35. The molecule has 0 aliphatic carbocycles. The van der Waals surface area contributed by atoms with Gasteiger partial charge in [0.05, 0.1) is 13.2 Å². The maximum atomic E-state index is 9.90. The van der Waals surface area contributed by atoms with E-state index in [9.17, 15) is 16.8 Å². The van der Waals surface area contributed by atoms with Crippen LogP contribution in [0.1, 0.15) is 6.42 Å². The van der Waals surface area contributed by atoms with Gasteiger partial charge in [0.2, 0.25) is 0 Å². The van der Waals surface area contributed by atoms with Crippen molar-refractivity contribution in [1.82, 2.24) is 0 Å². The predicted octanol–water partition coefficient (Wildman–Crippen LogP) is -1.26. The van der Waals surface area contributed by atoms with Crippen LogP contribution in [-0.4, -0.2) is 34.6 Å². The molecular formula is C3H8O7S2. The van der Waals surface area contributed by atoms with Crippen molar-refractivity contribution in [1.29, 1.82) is 0 Å². The molecular weight excluding hydrogens is 212 g/mol. The lowest BCUT2D eigenvalue weighted by Crippen LogP contribution is -2.06. The highest BCUT2D eigenvalue weighted by Crippen LogP contribution is 1.89. The van der Waals surface area contributed by atoms with E-state index in [0.29, 0.717) is 0 Å². The lowest BCUT2D eigenvalue weighted by Gasteiger charge is -1.97. The molecule has 0 heterocycles. The predicted molar refractivity (Wildman–Crippen MR) is 38.4 cm³/mol. The molecule has 0 aromatic carbocycles. The molecule has 12 heavy (non-hydrogen) atoms. The topological polar surface area (TPSA) is 107 Å². The summed E-state index contributed by atoms with van der Waals surface area (Å²) in [4.78, 5) is 0. The van der Waals surface area contributed by atoms with Crippen LogP contribution in [0.25, 0.3) is 0 Å². The van der Waals surface area contributed by atoms with Gasteiger partial charge < -0.3 is 0 Å². The minimum atomic E-state index is -4.43. The molecule has 0 fully saturated rings. The SMILES string of the molecule is O=[SH](=O)OCCCOS(=O)(=O)O. The van der Waals surface area contributed by atoms with Crippen LogP contribution >= 0.6 is 0 Å². The second-order valence-corrected chi connectivity index (χ2v) is 3.46. The van der Waals surface area contributed by atoms with Crippen LogP contribution in [0.2, 0.25) is 0 Å². The number of rotatable bonds is 6. The Morgan fingerprint density at radius 1 is 1.25 bits per heavy atom. The van der Waals surface area contributed by atoms with Crippen LogP contribution in [-0.2, 0) is 29.8 Å². The largest absolute Gasteiger partial charge is 0.397 e. The molecule has 74 valence electrons. The van der Waals surface area contributed by atoms with Gasteiger partial charge in [-0.05, 0) is 6.42 Å². The highest BCUT2D eigenvalue weighted by Gasteiger charge is 2.02. The van der Waals surface area contributed by atoms with E-state index in [4.69, 9.17) is 4.55 Å². The van der Waals surface area contributed by atoms with Gasteiger partial charge in [-0.1, -0.05) is 0 Å². The normalized spacial score (nSPS) is 12.2. The Bertz CT molecular complexity index is 267. The van der Waals surface area contributed by atoms with E-state index in [0.717, 1.165) is 0 Å². The summed E-state index contributed by atoms with van der Waals surface area (Å²) in [7, 11) is -7.34. The van der Waals surface area contributed by atoms with Gasteiger partial charge in [-0.25, -0.2) is 12.6 Å². The first-order valence-corrected chi connectivity index (χ1v) is 5.27.